The van der Waals surface area contributed by atoms with Crippen LogP contribution in [0.5, 0.6) is 0 Å². The van der Waals surface area contributed by atoms with Crippen LogP contribution in [0.4, 0.5) is 9.59 Å². The number of aromatic amines is 2. The molecule has 5 unspecified atom stereocenters. The van der Waals surface area contributed by atoms with Crippen LogP contribution in [0.25, 0.3) is 33.6 Å². The monoisotopic (exact) mass is 708 g/mol. The highest BCUT2D eigenvalue weighted by molar-refractivity contribution is 5.87. The van der Waals surface area contributed by atoms with Crippen LogP contribution in [0.15, 0.2) is 60.9 Å². The molecule has 14 heteroatoms. The van der Waals surface area contributed by atoms with E-state index in [-0.39, 0.29) is 35.9 Å². The molecule has 0 bridgehead atoms. The number of ether oxygens (including phenoxy) is 1. The molecule has 3 fully saturated rings. The minimum Gasteiger partial charge on any atom is -0.465 e. The Bertz CT molecular complexity index is 1940. The van der Waals surface area contributed by atoms with Gasteiger partial charge >= 0.3 is 12.2 Å². The summed E-state index contributed by atoms with van der Waals surface area (Å²) < 4.78 is 4.74. The minimum absolute atomic E-state index is 0.105. The lowest BCUT2D eigenvalue weighted by molar-refractivity contribution is -0.139. The molecule has 3 saturated heterocycles. The number of rotatable bonds is 9. The van der Waals surface area contributed by atoms with Gasteiger partial charge in [-0.3, -0.25) is 9.59 Å². The molecule has 0 spiro atoms. The van der Waals surface area contributed by atoms with E-state index in [1.54, 1.807) is 17.3 Å². The van der Waals surface area contributed by atoms with Crippen molar-refractivity contribution in [1.82, 2.24) is 40.4 Å². The topological polar surface area (TPSA) is 186 Å². The average Bonchev–Trinajstić information content (AvgIpc) is 3.97. The van der Waals surface area contributed by atoms with Gasteiger partial charge in [0.2, 0.25) is 11.8 Å². The second-order valence-corrected chi connectivity index (χ2v) is 14.1. The molecule has 2 aromatic heterocycles. The van der Waals surface area contributed by atoms with E-state index in [0.717, 1.165) is 71.6 Å². The maximum atomic E-state index is 13.5. The number of alkyl carbamates (subject to hydrolysis) is 1. The largest absolute Gasteiger partial charge is 0.465 e. The number of hydrogen-bond donors (Lipinski definition) is 5. The van der Waals surface area contributed by atoms with Gasteiger partial charge in [-0.25, -0.2) is 19.6 Å². The Kier molecular flexibility index (Phi) is 9.71. The third kappa shape index (κ3) is 6.84. The summed E-state index contributed by atoms with van der Waals surface area (Å²) >= 11 is 0. The first-order chi connectivity index (χ1) is 25.1. The zero-order valence-electron chi connectivity index (χ0n) is 29.5. The predicted octanol–water partition coefficient (Wildman–Crippen LogP) is 5.64. The summed E-state index contributed by atoms with van der Waals surface area (Å²) in [6.45, 7) is 4.39. The first-order valence-electron chi connectivity index (χ1n) is 17.9. The Morgan fingerprint density at radius 1 is 0.827 bits per heavy atom. The van der Waals surface area contributed by atoms with Crippen molar-refractivity contribution in [1.29, 1.82) is 0 Å². The van der Waals surface area contributed by atoms with Crippen molar-refractivity contribution in [2.24, 2.45) is 5.92 Å². The Morgan fingerprint density at radius 3 is 1.94 bits per heavy atom. The summed E-state index contributed by atoms with van der Waals surface area (Å²) in [6, 6.07) is 14.7. The highest BCUT2D eigenvalue weighted by atomic mass is 16.5. The molecule has 3 aliphatic rings. The van der Waals surface area contributed by atoms with Crippen molar-refractivity contribution in [3.8, 4) is 33.6 Å². The molecule has 52 heavy (non-hydrogen) atoms. The van der Waals surface area contributed by atoms with E-state index in [1.165, 1.54) is 7.11 Å². The van der Waals surface area contributed by atoms with Crippen molar-refractivity contribution < 1.29 is 29.0 Å². The molecule has 5 atom stereocenters. The number of amides is 4. The molecule has 5 N–H and O–H groups in total. The number of piperidine rings is 1. The SMILES string of the molecule is COC(=O)NC(C(=O)N1CCCC1c1ncc(-c2ccc(-c3ccc(-c4cnc(C5CCC6CCC(NC(=O)O)C(=O)N65)[nH]4)cc3)cc2)[nH]1)C(C)C. The molecule has 7 rings (SSSR count). The lowest BCUT2D eigenvalue weighted by Crippen LogP contribution is -2.54. The fraction of sp³-hybridized carbons (Fsp3) is 0.421. The van der Waals surface area contributed by atoms with E-state index in [0.29, 0.717) is 18.8 Å². The summed E-state index contributed by atoms with van der Waals surface area (Å²) in [5.41, 5.74) is 5.74. The molecule has 14 nitrogen and oxygen atoms in total. The molecule has 4 amide bonds. The Labute approximate surface area is 301 Å². The van der Waals surface area contributed by atoms with Gasteiger partial charge in [-0.2, -0.15) is 0 Å². The first-order valence-corrected chi connectivity index (χ1v) is 17.9. The minimum atomic E-state index is -1.19. The smallest absolute Gasteiger partial charge is 0.407 e. The van der Waals surface area contributed by atoms with Gasteiger partial charge < -0.3 is 40.2 Å². The molecular weight excluding hydrogens is 664 g/mol. The van der Waals surface area contributed by atoms with Gasteiger partial charge in [0.25, 0.3) is 0 Å². The second kappa shape index (κ2) is 14.5. The number of hydrogen-bond acceptors (Lipinski definition) is 7. The van der Waals surface area contributed by atoms with Crippen LogP contribution in [0.3, 0.4) is 0 Å². The maximum absolute atomic E-state index is 13.5. The normalized spacial score (nSPS) is 22.0. The number of nitrogens with zero attached hydrogens (tertiary/aromatic N) is 4. The number of carboxylic acid groups (broad SMARTS) is 1. The van der Waals surface area contributed by atoms with Crippen molar-refractivity contribution in [3.05, 3.63) is 72.6 Å². The zero-order valence-corrected chi connectivity index (χ0v) is 29.5. The molecular formula is C38H44N8O6. The number of carbonyl (C=O) groups is 4. The van der Waals surface area contributed by atoms with Gasteiger partial charge in [0.15, 0.2) is 0 Å². The number of fused-ring (bicyclic) bond motifs is 1. The highest BCUT2D eigenvalue weighted by Gasteiger charge is 2.45. The molecule has 0 radical (unpaired) electrons. The van der Waals surface area contributed by atoms with Gasteiger partial charge in [0.1, 0.15) is 23.7 Å². The number of imidazole rings is 2. The standard InChI is InChI=1S/C38H44N8O6/c1-21(2)32(44-38(51)52-3)36(48)45-18-4-5-30(45)33-39-19-28(41-33)24-10-6-22(7-11-24)23-8-12-25(13-9-23)29-20-40-34(42-29)31-17-15-26-14-16-27(43-37(49)50)35(47)46(26)31/h6-13,19-21,26-27,30-32,43H,4-5,14-18H2,1-3H3,(H,39,41)(H,40,42)(H,44,51)(H,49,50). The van der Waals surface area contributed by atoms with Gasteiger partial charge in [-0.15, -0.1) is 0 Å². The average molecular weight is 709 g/mol. The van der Waals surface area contributed by atoms with Gasteiger partial charge in [0.05, 0.1) is 43.0 Å². The van der Waals surface area contributed by atoms with Crippen molar-refractivity contribution in [2.75, 3.05) is 13.7 Å². The maximum Gasteiger partial charge on any atom is 0.407 e. The van der Waals surface area contributed by atoms with Crippen LogP contribution >= 0.6 is 0 Å². The highest BCUT2D eigenvalue weighted by Crippen LogP contribution is 2.41. The molecule has 0 saturated carbocycles. The zero-order chi connectivity index (χ0) is 36.5. The molecule has 0 aliphatic carbocycles. The lowest BCUT2D eigenvalue weighted by atomic mass is 9.98. The van der Waals surface area contributed by atoms with E-state index < -0.39 is 24.3 Å². The summed E-state index contributed by atoms with van der Waals surface area (Å²) in [6.07, 6.45) is 6.34. The fourth-order valence-corrected chi connectivity index (χ4v) is 7.90. The fourth-order valence-electron chi connectivity index (χ4n) is 7.90. The van der Waals surface area contributed by atoms with Gasteiger partial charge in [-0.05, 0) is 66.7 Å². The van der Waals surface area contributed by atoms with Crippen molar-refractivity contribution >= 4 is 24.0 Å². The molecule has 5 heterocycles. The van der Waals surface area contributed by atoms with Crippen LogP contribution in [0, 0.1) is 5.92 Å². The van der Waals surface area contributed by atoms with Crippen LogP contribution in [-0.4, -0.2) is 90.6 Å². The summed E-state index contributed by atoms with van der Waals surface area (Å²) in [5, 5.41) is 14.2. The number of benzene rings is 2. The quantitative estimate of drug-likeness (QED) is 0.148. The predicted molar refractivity (Wildman–Crippen MR) is 192 cm³/mol. The Balaban J connectivity index is 1.01. The van der Waals surface area contributed by atoms with Gasteiger partial charge in [-0.1, -0.05) is 62.4 Å². The number of likely N-dealkylation sites (tertiary alicyclic amines) is 1. The summed E-state index contributed by atoms with van der Waals surface area (Å²) in [5.74, 6) is 1.01. The number of H-pyrrole nitrogens is 2. The third-order valence-corrected chi connectivity index (χ3v) is 10.6. The molecule has 3 aliphatic heterocycles. The number of nitrogens with one attached hydrogen (secondary N) is 4. The van der Waals surface area contributed by atoms with Gasteiger partial charge in [0, 0.05) is 12.6 Å². The molecule has 2 aromatic carbocycles. The van der Waals surface area contributed by atoms with Crippen LogP contribution in [0.2, 0.25) is 0 Å². The van der Waals surface area contributed by atoms with E-state index in [4.69, 9.17) is 9.84 Å². The third-order valence-electron chi connectivity index (χ3n) is 10.6. The molecule has 4 aromatic rings. The van der Waals surface area contributed by atoms with Crippen LogP contribution < -0.4 is 10.6 Å². The Hall–Kier alpha value is -5.66. The summed E-state index contributed by atoms with van der Waals surface area (Å²) in [7, 11) is 1.29. The number of methoxy groups -OCH3 is 1. The Morgan fingerprint density at radius 2 is 1.38 bits per heavy atom. The lowest BCUT2D eigenvalue weighted by Gasteiger charge is -2.37. The number of aromatic nitrogens is 4. The van der Waals surface area contributed by atoms with Crippen molar-refractivity contribution in [2.45, 2.75) is 82.6 Å². The number of carbonyl (C=O) groups excluding carboxylic acids is 3. The second-order valence-electron chi connectivity index (χ2n) is 14.1. The first kappa shape index (κ1) is 34.8. The molecule has 272 valence electrons. The van der Waals surface area contributed by atoms with Crippen LogP contribution in [0.1, 0.15) is 76.1 Å². The van der Waals surface area contributed by atoms with Crippen LogP contribution in [-0.2, 0) is 14.3 Å². The van der Waals surface area contributed by atoms with E-state index in [1.807, 2.05) is 43.0 Å². The van der Waals surface area contributed by atoms with E-state index in [2.05, 4.69) is 54.8 Å². The van der Waals surface area contributed by atoms with Crippen molar-refractivity contribution in [3.63, 3.8) is 0 Å². The van der Waals surface area contributed by atoms with E-state index >= 15 is 0 Å². The summed E-state index contributed by atoms with van der Waals surface area (Å²) in [4.78, 5) is 69.6. The van der Waals surface area contributed by atoms with E-state index in [9.17, 15) is 19.2 Å².